The van der Waals surface area contributed by atoms with E-state index in [1.54, 1.807) is 0 Å². The van der Waals surface area contributed by atoms with Crippen LogP contribution >= 0.6 is 0 Å². The summed E-state index contributed by atoms with van der Waals surface area (Å²) in [6.45, 7) is 0.0298. The van der Waals surface area contributed by atoms with Crippen LogP contribution in [0.2, 0.25) is 0 Å². The molecule has 16 heavy (non-hydrogen) atoms. The van der Waals surface area contributed by atoms with Crippen LogP contribution in [0.3, 0.4) is 0 Å². The second-order valence-electron chi connectivity index (χ2n) is 3.38. The Balaban J connectivity index is 2.47. The molecule has 1 heterocycles. The van der Waals surface area contributed by atoms with Gasteiger partial charge in [-0.25, -0.2) is 4.39 Å². The maximum absolute atomic E-state index is 13.5. The summed E-state index contributed by atoms with van der Waals surface area (Å²) in [6, 6.07) is 3.96. The monoisotopic (exact) mass is 221 g/mol. The Morgan fingerprint density at radius 3 is 2.75 bits per heavy atom. The Bertz CT molecular complexity index is 484. The fourth-order valence-corrected chi connectivity index (χ4v) is 1.71. The Morgan fingerprint density at radius 1 is 1.31 bits per heavy atom. The topological polar surface area (TPSA) is 54.5 Å². The summed E-state index contributed by atoms with van der Waals surface area (Å²) >= 11 is 0. The fraction of sp³-hybridized carbons (Fsp3) is 0.182. The van der Waals surface area contributed by atoms with E-state index in [1.165, 1.54) is 18.2 Å². The van der Waals surface area contributed by atoms with Gasteiger partial charge in [0.2, 0.25) is 0 Å². The molecule has 0 spiro atoms. The molecule has 5 heteroatoms. The lowest BCUT2D eigenvalue weighted by Crippen LogP contribution is -2.31. The fourth-order valence-electron chi connectivity index (χ4n) is 1.71. The van der Waals surface area contributed by atoms with E-state index in [2.05, 4.69) is 0 Å². The van der Waals surface area contributed by atoms with E-state index in [1.807, 2.05) is 0 Å². The highest BCUT2D eigenvalue weighted by Gasteiger charge is 2.37. The number of hydrogen-bond donors (Lipinski definition) is 0. The number of amides is 1. The van der Waals surface area contributed by atoms with Gasteiger partial charge in [0.15, 0.2) is 0 Å². The van der Waals surface area contributed by atoms with Crippen molar-refractivity contribution in [3.8, 4) is 0 Å². The first-order valence-electron chi connectivity index (χ1n) is 4.75. The second-order valence-corrected chi connectivity index (χ2v) is 3.38. The molecule has 0 unspecified atom stereocenters. The summed E-state index contributed by atoms with van der Waals surface area (Å²) in [6.07, 6.45) is 0.698. The minimum atomic E-state index is -0.776. The summed E-state index contributed by atoms with van der Waals surface area (Å²) in [7, 11) is 0. The van der Waals surface area contributed by atoms with Gasteiger partial charge in [0.05, 0.1) is 11.3 Å². The number of rotatable bonds is 3. The summed E-state index contributed by atoms with van der Waals surface area (Å²) in [5, 5.41) is 0. The van der Waals surface area contributed by atoms with Crippen molar-refractivity contribution in [2.24, 2.45) is 0 Å². The molecular weight excluding hydrogens is 213 g/mol. The molecule has 0 N–H and O–H groups in total. The Kier molecular flexibility index (Phi) is 2.52. The third-order valence-electron chi connectivity index (χ3n) is 2.41. The van der Waals surface area contributed by atoms with E-state index in [9.17, 15) is 18.8 Å². The number of nitrogens with zero attached hydrogens (tertiary/aromatic N) is 1. The first-order valence-corrected chi connectivity index (χ1v) is 4.75. The molecule has 2 rings (SSSR count). The number of aldehydes is 1. The lowest BCUT2D eigenvalue weighted by molar-refractivity contribution is -0.114. The van der Waals surface area contributed by atoms with Gasteiger partial charge in [-0.05, 0) is 12.1 Å². The summed E-state index contributed by atoms with van der Waals surface area (Å²) in [4.78, 5) is 34.2. The van der Waals surface area contributed by atoms with Crippen molar-refractivity contribution in [1.29, 1.82) is 0 Å². The molecule has 0 aromatic heterocycles. The molecule has 1 aliphatic rings. The smallest absolute Gasteiger partial charge is 0.299 e. The third kappa shape index (κ3) is 1.41. The number of carbonyl (C=O) groups is 3. The molecule has 0 saturated carbocycles. The van der Waals surface area contributed by atoms with Crippen LogP contribution in [-0.4, -0.2) is 24.5 Å². The zero-order valence-corrected chi connectivity index (χ0v) is 8.27. The minimum absolute atomic E-state index is 0.0145. The van der Waals surface area contributed by atoms with Gasteiger partial charge in [0.25, 0.3) is 11.7 Å². The SMILES string of the molecule is O=CCCN1C(=O)C(=O)c2cccc(F)c21. The molecule has 0 fully saturated rings. The van der Waals surface area contributed by atoms with E-state index in [-0.39, 0.29) is 24.2 Å². The number of para-hydroxylation sites is 1. The number of ketones is 1. The van der Waals surface area contributed by atoms with E-state index in [4.69, 9.17) is 0 Å². The quantitative estimate of drug-likeness (QED) is 0.564. The lowest BCUT2D eigenvalue weighted by Gasteiger charge is -2.14. The molecule has 1 amide bonds. The molecule has 82 valence electrons. The largest absolute Gasteiger partial charge is 0.303 e. The van der Waals surface area contributed by atoms with Crippen molar-refractivity contribution in [3.63, 3.8) is 0 Å². The molecule has 0 aliphatic carbocycles. The molecule has 1 aromatic rings. The minimum Gasteiger partial charge on any atom is -0.303 e. The second kappa shape index (κ2) is 3.84. The Labute approximate surface area is 90.7 Å². The van der Waals surface area contributed by atoms with E-state index in [0.29, 0.717) is 6.29 Å². The van der Waals surface area contributed by atoms with Gasteiger partial charge in [-0.1, -0.05) is 6.07 Å². The number of anilines is 1. The number of halogens is 1. The lowest BCUT2D eigenvalue weighted by atomic mass is 10.1. The first kappa shape index (κ1) is 10.5. The molecule has 1 aliphatic heterocycles. The van der Waals surface area contributed by atoms with Crippen LogP contribution in [0.1, 0.15) is 16.8 Å². The van der Waals surface area contributed by atoms with Gasteiger partial charge in [0, 0.05) is 13.0 Å². The van der Waals surface area contributed by atoms with Crippen molar-refractivity contribution in [2.75, 3.05) is 11.4 Å². The van der Waals surface area contributed by atoms with E-state index < -0.39 is 17.5 Å². The van der Waals surface area contributed by atoms with Gasteiger partial charge in [0.1, 0.15) is 12.1 Å². The van der Waals surface area contributed by atoms with Crippen LogP contribution in [0.15, 0.2) is 18.2 Å². The third-order valence-corrected chi connectivity index (χ3v) is 2.41. The zero-order valence-electron chi connectivity index (χ0n) is 8.27. The predicted molar refractivity (Wildman–Crippen MR) is 53.8 cm³/mol. The first-order chi connectivity index (χ1) is 7.66. The Morgan fingerprint density at radius 2 is 2.06 bits per heavy atom. The van der Waals surface area contributed by atoms with Crippen LogP contribution in [0.5, 0.6) is 0 Å². The van der Waals surface area contributed by atoms with Crippen LogP contribution in [0, 0.1) is 5.82 Å². The predicted octanol–water partition coefficient (Wildman–Crippen LogP) is 0.944. The van der Waals surface area contributed by atoms with Crippen molar-refractivity contribution >= 4 is 23.7 Å². The number of benzene rings is 1. The van der Waals surface area contributed by atoms with Crippen molar-refractivity contribution in [3.05, 3.63) is 29.6 Å². The van der Waals surface area contributed by atoms with Crippen molar-refractivity contribution in [1.82, 2.24) is 0 Å². The number of carbonyl (C=O) groups excluding carboxylic acids is 3. The van der Waals surface area contributed by atoms with Crippen molar-refractivity contribution < 1.29 is 18.8 Å². The van der Waals surface area contributed by atoms with E-state index in [0.717, 1.165) is 4.90 Å². The summed E-state index contributed by atoms with van der Waals surface area (Å²) < 4.78 is 13.5. The van der Waals surface area contributed by atoms with E-state index >= 15 is 0 Å². The standard InChI is InChI=1S/C11H8FNO3/c12-8-4-1-3-7-9(8)13(5-2-6-14)11(16)10(7)15/h1,3-4,6H,2,5H2. The molecule has 0 saturated heterocycles. The molecule has 0 atom stereocenters. The maximum Gasteiger partial charge on any atom is 0.299 e. The van der Waals surface area contributed by atoms with Crippen LogP contribution in [-0.2, 0) is 9.59 Å². The zero-order chi connectivity index (χ0) is 11.7. The normalized spacial score (nSPS) is 14.2. The average molecular weight is 221 g/mol. The molecule has 0 radical (unpaired) electrons. The molecule has 1 aromatic carbocycles. The number of hydrogen-bond acceptors (Lipinski definition) is 3. The average Bonchev–Trinajstić information content (AvgIpc) is 2.52. The number of Topliss-reactive ketones (excluding diaryl/α,β-unsaturated/α-hetero) is 1. The number of fused-ring (bicyclic) bond motifs is 1. The van der Waals surface area contributed by atoms with Crippen LogP contribution < -0.4 is 4.90 Å². The van der Waals surface area contributed by atoms with Crippen LogP contribution in [0.25, 0.3) is 0 Å². The molecular formula is C11H8FNO3. The van der Waals surface area contributed by atoms with Crippen molar-refractivity contribution in [2.45, 2.75) is 6.42 Å². The van der Waals surface area contributed by atoms with Gasteiger partial charge in [-0.2, -0.15) is 0 Å². The van der Waals surface area contributed by atoms with Gasteiger partial charge in [-0.3, -0.25) is 9.59 Å². The van der Waals surface area contributed by atoms with Gasteiger partial charge < -0.3 is 9.69 Å². The Hall–Kier alpha value is -2.04. The van der Waals surface area contributed by atoms with Gasteiger partial charge in [-0.15, -0.1) is 0 Å². The highest BCUT2D eigenvalue weighted by molar-refractivity contribution is 6.52. The molecule has 4 nitrogen and oxygen atoms in total. The highest BCUT2D eigenvalue weighted by atomic mass is 19.1. The van der Waals surface area contributed by atoms with Crippen LogP contribution in [0.4, 0.5) is 10.1 Å². The highest BCUT2D eigenvalue weighted by Crippen LogP contribution is 2.31. The van der Waals surface area contributed by atoms with Gasteiger partial charge >= 0.3 is 0 Å². The molecule has 0 bridgehead atoms. The summed E-state index contributed by atoms with van der Waals surface area (Å²) in [5.74, 6) is -2.12. The maximum atomic E-state index is 13.5. The summed E-state index contributed by atoms with van der Waals surface area (Å²) in [5.41, 5.74) is 0.0512.